The van der Waals surface area contributed by atoms with Crippen LogP contribution >= 0.6 is 11.3 Å². The number of rotatable bonds is 36. The Morgan fingerprint density at radius 3 is 1.15 bits per heavy atom. The third-order valence-electron chi connectivity index (χ3n) is 21.9. The van der Waals surface area contributed by atoms with Gasteiger partial charge in [0.2, 0.25) is 0 Å². The average Bonchev–Trinajstić information content (AvgIpc) is 1.50. The molecule has 0 aliphatic rings. The number of carbonyl (C=O) groups is 4. The summed E-state index contributed by atoms with van der Waals surface area (Å²) in [6.07, 6.45) is 18.8. The number of aromatic nitrogens is 9. The zero-order valence-electron chi connectivity index (χ0n) is 73.6. The van der Waals surface area contributed by atoms with Gasteiger partial charge in [0.25, 0.3) is 0 Å². The van der Waals surface area contributed by atoms with Crippen LogP contribution in [0.3, 0.4) is 0 Å². The second-order valence-electron chi connectivity index (χ2n) is 31.4. The topological polar surface area (TPSA) is 266 Å². The molecule has 0 aliphatic carbocycles. The van der Waals surface area contributed by atoms with Crippen LogP contribution in [0.15, 0.2) is 258 Å². The molecular formula is C104H107N9O14S. The molecule has 8 aromatic heterocycles. The molecule has 24 heteroatoms. The molecule has 0 amide bonds. The number of carboxylic acids is 1. The van der Waals surface area contributed by atoms with Crippen LogP contribution in [0, 0.1) is 34.6 Å². The minimum absolute atomic E-state index is 0.160. The van der Waals surface area contributed by atoms with E-state index >= 15 is 0 Å². The summed E-state index contributed by atoms with van der Waals surface area (Å²) in [7, 11) is 4.26. The maximum Gasteiger partial charge on any atom is 0.305 e. The Morgan fingerprint density at radius 1 is 0.383 bits per heavy atom. The van der Waals surface area contributed by atoms with Gasteiger partial charge in [0.15, 0.2) is 17.4 Å². The highest BCUT2D eigenvalue weighted by Crippen LogP contribution is 2.39. The number of para-hydroxylation sites is 1. The molecule has 0 atom stereocenters. The molecule has 0 unspecified atom stereocenters. The number of imidazole rings is 4. The van der Waals surface area contributed by atoms with Crippen LogP contribution in [0.25, 0.3) is 123 Å². The number of carbonyl (C=O) groups excluding carboxylic acids is 3. The second kappa shape index (κ2) is 44.1. The summed E-state index contributed by atoms with van der Waals surface area (Å²) >= 11 is 1.74. The maximum absolute atomic E-state index is 11.3. The number of H-pyrrole nitrogens is 1. The molecule has 0 fully saturated rings. The number of aromatic amines is 1. The van der Waals surface area contributed by atoms with Gasteiger partial charge in [-0.05, 0) is 245 Å². The summed E-state index contributed by atoms with van der Waals surface area (Å²) in [6.45, 7) is 12.8. The third-order valence-corrected chi connectivity index (χ3v) is 22.8. The van der Waals surface area contributed by atoms with Crippen molar-refractivity contribution in [1.29, 1.82) is 0 Å². The number of hydrogen-bond donors (Lipinski definition) is 2. The summed E-state index contributed by atoms with van der Waals surface area (Å²) in [5, 5.41) is 9.87. The molecule has 0 saturated heterocycles. The number of benzene rings is 9. The van der Waals surface area contributed by atoms with Crippen LogP contribution < -0.4 is 18.9 Å². The molecule has 23 nitrogen and oxygen atoms in total. The zero-order chi connectivity index (χ0) is 89.3. The largest absolute Gasteiger partial charge is 0.494 e. The number of carboxylic acid groups (broad SMARTS) is 1. The second-order valence-corrected chi connectivity index (χ2v) is 32.7. The Balaban J connectivity index is 0.000000138. The quantitative estimate of drug-likeness (QED) is 0.0210. The van der Waals surface area contributed by atoms with E-state index in [0.717, 1.165) is 211 Å². The number of ether oxygens (including phenoxy) is 7. The van der Waals surface area contributed by atoms with E-state index in [1.165, 1.54) is 48.5 Å². The van der Waals surface area contributed by atoms with E-state index in [4.69, 9.17) is 57.6 Å². The maximum atomic E-state index is 11.3. The average molecular weight is 1740 g/mol. The minimum atomic E-state index is -0.743. The molecule has 17 aromatic rings. The fourth-order valence-corrected chi connectivity index (χ4v) is 15.8. The van der Waals surface area contributed by atoms with Gasteiger partial charge in [-0.25, -0.2) is 19.9 Å². The normalized spacial score (nSPS) is 11.1. The van der Waals surface area contributed by atoms with Crippen molar-refractivity contribution < 1.29 is 66.3 Å². The van der Waals surface area contributed by atoms with Gasteiger partial charge in [-0.2, -0.15) is 0 Å². The van der Waals surface area contributed by atoms with Gasteiger partial charge in [-0.15, -0.1) is 11.3 Å². The number of nitrogens with zero attached hydrogens (tertiary/aromatic N) is 8. The summed E-state index contributed by atoms with van der Waals surface area (Å²) in [5.41, 5.74) is 19.6. The first kappa shape index (κ1) is 90.0. The third kappa shape index (κ3) is 23.3. The highest BCUT2D eigenvalue weighted by atomic mass is 32.1. The number of hydrogen-bond acceptors (Lipinski definition) is 18. The summed E-state index contributed by atoms with van der Waals surface area (Å²) in [4.78, 5) is 69.6. The van der Waals surface area contributed by atoms with Crippen molar-refractivity contribution in [3.63, 3.8) is 0 Å². The first-order chi connectivity index (χ1) is 62.4. The molecule has 0 bridgehead atoms. The van der Waals surface area contributed by atoms with Gasteiger partial charge in [-0.3, -0.25) is 37.4 Å². The number of thiophene rings is 1. The molecule has 658 valence electrons. The Kier molecular flexibility index (Phi) is 31.0. The molecule has 0 aliphatic heterocycles. The number of aryl methyl sites for hydroxylation is 5. The molecule has 0 radical (unpaired) electrons. The van der Waals surface area contributed by atoms with E-state index in [2.05, 4.69) is 201 Å². The standard InChI is InChI=1S/C29H29N3O3.2C25H26N2O4.C25H26N2O3S/c1-20-11-13-21(14-12-20)32-27-18-22(35-17-7-3-4-10-28(33)34-2)15-16-26(27)31-29(32)24-19-30-25-9-6-5-8-23(24)25;1-18-9-11-19(12-10-18)27-22-17-20(30-15-5-3-4-8-24(28)29-2)13-14-21(22)26-25(27)23-7-6-16-31-23;1-18-7-9-20(10-8-18)27-23-16-21(31-14-5-3-4-6-24(28)29-2)11-12-22(23)26-25(27)19-13-15-30-17-19;1-17-7-10-19(11-8-17)27-22-16-20(30-15-5-3-4-6-24(28)29)12-13-21(22)26-25(27)23-14-9-18(2)31-23/h5-6,8-9,11-16,18-19,30H,3-4,7,10,17H2,1-2H3;6-7,9-14,16-17H,3-5,8,15H2,1-2H3;7-13,15-17H,3-6,14H2,1-2H3;7-14,16H,3-6,15H2,1-2H3,(H,28,29). The van der Waals surface area contributed by atoms with Crippen molar-refractivity contribution in [3.05, 3.63) is 277 Å². The molecule has 128 heavy (non-hydrogen) atoms. The van der Waals surface area contributed by atoms with Crippen molar-refractivity contribution in [2.24, 2.45) is 0 Å². The Bertz CT molecular complexity index is 6330. The van der Waals surface area contributed by atoms with Crippen LogP contribution in [0.1, 0.15) is 130 Å². The van der Waals surface area contributed by atoms with Gasteiger partial charge in [0, 0.05) is 100 Å². The minimum Gasteiger partial charge on any atom is -0.494 e. The molecule has 8 heterocycles. The van der Waals surface area contributed by atoms with Crippen LogP contribution in [-0.4, -0.2) is 120 Å². The first-order valence-electron chi connectivity index (χ1n) is 43.5. The number of aliphatic carboxylic acids is 1. The van der Waals surface area contributed by atoms with Crippen molar-refractivity contribution >= 4 is 90.3 Å². The Labute approximate surface area is 747 Å². The number of esters is 3. The summed E-state index contributed by atoms with van der Waals surface area (Å²) in [6, 6.07) is 75.8. The molecular weight excluding hydrogens is 1630 g/mol. The van der Waals surface area contributed by atoms with E-state index < -0.39 is 5.97 Å². The first-order valence-corrected chi connectivity index (χ1v) is 44.3. The van der Waals surface area contributed by atoms with Crippen molar-refractivity contribution in [3.8, 4) is 90.8 Å². The van der Waals surface area contributed by atoms with Gasteiger partial charge in [0.05, 0.1) is 115 Å². The Morgan fingerprint density at radius 2 is 0.766 bits per heavy atom. The highest BCUT2D eigenvalue weighted by molar-refractivity contribution is 7.15. The zero-order valence-corrected chi connectivity index (χ0v) is 74.4. The van der Waals surface area contributed by atoms with E-state index in [0.29, 0.717) is 57.9 Å². The van der Waals surface area contributed by atoms with E-state index in [9.17, 15) is 19.2 Å². The molecule has 0 spiro atoms. The SMILES string of the molecule is COC(=O)CCCCCOc1ccc2nc(-c3c[nH]c4ccccc34)n(-c3ccc(C)cc3)c2c1.COC(=O)CCCCCOc1ccc2nc(-c3ccco3)n(-c3ccc(C)cc3)c2c1.COC(=O)CCCCCOc1ccc2nc(-c3ccoc3)n(-c3ccc(C)cc3)c2c1.Cc1ccc(-n2c(-c3ccc(C)s3)nc3ccc(OCCCCCC(=O)O)cc32)cc1. The smallest absolute Gasteiger partial charge is 0.305 e. The number of fused-ring (bicyclic) bond motifs is 5. The molecule has 17 rings (SSSR count). The van der Waals surface area contributed by atoms with Gasteiger partial charge < -0.3 is 52.1 Å². The number of furan rings is 2. The van der Waals surface area contributed by atoms with Crippen LogP contribution in [-0.2, 0) is 33.4 Å². The van der Waals surface area contributed by atoms with Crippen LogP contribution in [0.5, 0.6) is 23.0 Å². The van der Waals surface area contributed by atoms with E-state index in [-0.39, 0.29) is 24.3 Å². The molecule has 9 aromatic carbocycles. The lowest BCUT2D eigenvalue weighted by Crippen LogP contribution is -2.01. The molecule has 0 saturated carbocycles. The van der Waals surface area contributed by atoms with Gasteiger partial charge in [-0.1, -0.05) is 89.0 Å². The number of unbranched alkanes of at least 4 members (excludes halogenated alkanes) is 8. The predicted octanol–water partition coefficient (Wildman–Crippen LogP) is 24.4. The summed E-state index contributed by atoms with van der Waals surface area (Å²) in [5.74, 6) is 6.08. The van der Waals surface area contributed by atoms with Crippen LogP contribution in [0.4, 0.5) is 0 Å². The van der Waals surface area contributed by atoms with Gasteiger partial charge >= 0.3 is 23.9 Å². The van der Waals surface area contributed by atoms with Gasteiger partial charge in [0.1, 0.15) is 40.9 Å². The van der Waals surface area contributed by atoms with E-state index in [1.54, 1.807) is 30.1 Å². The van der Waals surface area contributed by atoms with Crippen molar-refractivity contribution in [2.45, 2.75) is 137 Å². The van der Waals surface area contributed by atoms with Crippen molar-refractivity contribution in [2.75, 3.05) is 47.8 Å². The Hall–Kier alpha value is -14.3. The van der Waals surface area contributed by atoms with Crippen LogP contribution in [0.2, 0.25) is 0 Å². The summed E-state index contributed by atoms with van der Waals surface area (Å²) < 4.78 is 57.6. The predicted molar refractivity (Wildman–Crippen MR) is 504 cm³/mol. The monoisotopic (exact) mass is 1740 g/mol. The lowest BCUT2D eigenvalue weighted by Gasteiger charge is -2.11. The number of methoxy groups -OCH3 is 3. The van der Waals surface area contributed by atoms with E-state index in [1.807, 2.05) is 97.2 Å². The number of nitrogens with one attached hydrogen (secondary N) is 1. The fraction of sp³-hybridized carbons (Fsp3) is 0.269. The lowest BCUT2D eigenvalue weighted by atomic mass is 10.1. The fourth-order valence-electron chi connectivity index (χ4n) is 15.0. The lowest BCUT2D eigenvalue weighted by molar-refractivity contribution is -0.141. The molecule has 2 N–H and O–H groups in total. The highest BCUT2D eigenvalue weighted by Gasteiger charge is 2.23. The van der Waals surface area contributed by atoms with Crippen molar-refractivity contribution in [1.82, 2.24) is 43.2 Å².